The first-order valence-electron chi connectivity index (χ1n) is 4.43. The Morgan fingerprint density at radius 2 is 2.00 bits per heavy atom. The average molecular weight is 175 g/mol. The summed E-state index contributed by atoms with van der Waals surface area (Å²) in [5.41, 5.74) is 8.70. The van der Waals surface area contributed by atoms with Crippen LogP contribution < -0.4 is 10.7 Å². The first-order valence-corrected chi connectivity index (χ1v) is 4.43. The molecule has 0 radical (unpaired) electrons. The van der Waals surface area contributed by atoms with Crippen molar-refractivity contribution in [3.8, 4) is 0 Å². The predicted octanol–water partition coefficient (Wildman–Crippen LogP) is 1.85. The number of anilines is 2. The van der Waals surface area contributed by atoms with E-state index in [1.54, 1.807) is 0 Å². The van der Waals surface area contributed by atoms with Crippen molar-refractivity contribution < 1.29 is 0 Å². The fourth-order valence-electron chi connectivity index (χ4n) is 1.41. The summed E-state index contributed by atoms with van der Waals surface area (Å²) in [7, 11) is 0. The molecule has 2 rings (SSSR count). The fourth-order valence-corrected chi connectivity index (χ4v) is 1.41. The molecule has 1 aliphatic heterocycles. The molecule has 13 heavy (non-hydrogen) atoms. The molecular weight excluding hydrogens is 162 g/mol. The molecule has 0 bridgehead atoms. The third-order valence-electron chi connectivity index (χ3n) is 2.17. The quantitative estimate of drug-likeness (QED) is 0.662. The van der Waals surface area contributed by atoms with Gasteiger partial charge in [0.2, 0.25) is 0 Å². The number of rotatable bonds is 1. The minimum Gasteiger partial charge on any atom is -0.399 e. The Hall–Kier alpha value is -1.51. The van der Waals surface area contributed by atoms with Gasteiger partial charge in [-0.2, -0.15) is 5.10 Å². The first kappa shape index (κ1) is 8.10. The summed E-state index contributed by atoms with van der Waals surface area (Å²) in [6.07, 6.45) is 1.06. The lowest BCUT2D eigenvalue weighted by Crippen LogP contribution is -2.11. The van der Waals surface area contributed by atoms with Crippen LogP contribution in [0.4, 0.5) is 11.4 Å². The molecule has 3 heteroatoms. The van der Waals surface area contributed by atoms with Gasteiger partial charge in [0.1, 0.15) is 0 Å². The Kier molecular flexibility index (Phi) is 1.93. The smallest absolute Gasteiger partial charge is 0.0595 e. The van der Waals surface area contributed by atoms with Crippen LogP contribution in [-0.2, 0) is 0 Å². The van der Waals surface area contributed by atoms with Gasteiger partial charge in [-0.15, -0.1) is 0 Å². The molecule has 0 atom stereocenters. The molecule has 68 valence electrons. The van der Waals surface area contributed by atoms with Crippen LogP contribution in [0.25, 0.3) is 0 Å². The average Bonchev–Trinajstić information content (AvgIpc) is 2.53. The molecule has 0 amide bonds. The molecule has 0 fully saturated rings. The van der Waals surface area contributed by atoms with Gasteiger partial charge in [-0.1, -0.05) is 0 Å². The summed E-state index contributed by atoms with van der Waals surface area (Å²) in [5, 5.41) is 6.41. The second-order valence-electron chi connectivity index (χ2n) is 3.30. The van der Waals surface area contributed by atoms with E-state index in [1.165, 1.54) is 5.71 Å². The molecule has 0 aliphatic carbocycles. The van der Waals surface area contributed by atoms with E-state index in [0.717, 1.165) is 24.3 Å². The van der Waals surface area contributed by atoms with Crippen molar-refractivity contribution in [2.75, 3.05) is 17.3 Å². The van der Waals surface area contributed by atoms with Crippen LogP contribution in [0.15, 0.2) is 29.4 Å². The van der Waals surface area contributed by atoms with Gasteiger partial charge in [-0.3, -0.25) is 5.01 Å². The molecular formula is C10H13N3. The maximum Gasteiger partial charge on any atom is 0.0595 e. The minimum absolute atomic E-state index is 0.795. The highest BCUT2D eigenvalue weighted by Crippen LogP contribution is 2.20. The van der Waals surface area contributed by atoms with Crippen molar-refractivity contribution in [2.45, 2.75) is 13.3 Å². The Morgan fingerprint density at radius 3 is 2.54 bits per heavy atom. The van der Waals surface area contributed by atoms with Crippen molar-refractivity contribution in [3.63, 3.8) is 0 Å². The molecule has 0 saturated heterocycles. The third kappa shape index (κ3) is 1.64. The first-order chi connectivity index (χ1) is 6.25. The Balaban J connectivity index is 2.22. The molecule has 0 unspecified atom stereocenters. The van der Waals surface area contributed by atoms with Gasteiger partial charge in [-0.05, 0) is 31.2 Å². The topological polar surface area (TPSA) is 41.6 Å². The zero-order valence-electron chi connectivity index (χ0n) is 7.70. The van der Waals surface area contributed by atoms with E-state index in [-0.39, 0.29) is 0 Å². The third-order valence-corrected chi connectivity index (χ3v) is 2.17. The molecule has 0 spiro atoms. The molecule has 1 heterocycles. The van der Waals surface area contributed by atoms with Crippen molar-refractivity contribution in [1.29, 1.82) is 0 Å². The maximum absolute atomic E-state index is 5.60. The second kappa shape index (κ2) is 3.09. The molecule has 1 aromatic rings. The summed E-state index contributed by atoms with van der Waals surface area (Å²) >= 11 is 0. The van der Waals surface area contributed by atoms with E-state index in [0.29, 0.717) is 0 Å². The number of nitrogens with zero attached hydrogens (tertiary/aromatic N) is 2. The largest absolute Gasteiger partial charge is 0.399 e. The van der Waals surface area contributed by atoms with Gasteiger partial charge in [-0.25, -0.2) is 0 Å². The molecule has 0 aromatic heterocycles. The molecule has 1 aromatic carbocycles. The Labute approximate surface area is 77.9 Å². The SMILES string of the molecule is CC1=NN(c2ccc(N)cc2)CC1. The van der Waals surface area contributed by atoms with Crippen LogP contribution >= 0.6 is 0 Å². The van der Waals surface area contributed by atoms with Crippen molar-refractivity contribution in [2.24, 2.45) is 5.10 Å². The number of hydrazone groups is 1. The lowest BCUT2D eigenvalue weighted by Gasteiger charge is -2.13. The lowest BCUT2D eigenvalue weighted by molar-refractivity contribution is 0.922. The van der Waals surface area contributed by atoms with Gasteiger partial charge < -0.3 is 5.73 Å². The van der Waals surface area contributed by atoms with Crippen LogP contribution in [0.1, 0.15) is 13.3 Å². The van der Waals surface area contributed by atoms with E-state index in [9.17, 15) is 0 Å². The number of hydrogen-bond acceptors (Lipinski definition) is 3. The monoisotopic (exact) mass is 175 g/mol. The van der Waals surface area contributed by atoms with E-state index < -0.39 is 0 Å². The van der Waals surface area contributed by atoms with Crippen molar-refractivity contribution in [3.05, 3.63) is 24.3 Å². The van der Waals surface area contributed by atoms with Crippen LogP contribution in [-0.4, -0.2) is 12.3 Å². The van der Waals surface area contributed by atoms with Crippen LogP contribution in [0.3, 0.4) is 0 Å². The number of benzene rings is 1. The van der Waals surface area contributed by atoms with E-state index >= 15 is 0 Å². The van der Waals surface area contributed by atoms with E-state index in [1.807, 2.05) is 29.3 Å². The lowest BCUT2D eigenvalue weighted by atomic mass is 10.2. The normalized spacial score (nSPS) is 16.1. The van der Waals surface area contributed by atoms with Gasteiger partial charge >= 0.3 is 0 Å². The van der Waals surface area contributed by atoms with Crippen molar-refractivity contribution in [1.82, 2.24) is 0 Å². The van der Waals surface area contributed by atoms with Gasteiger partial charge in [0.05, 0.1) is 5.69 Å². The predicted molar refractivity (Wildman–Crippen MR) is 55.9 cm³/mol. The van der Waals surface area contributed by atoms with E-state index in [2.05, 4.69) is 12.0 Å². The van der Waals surface area contributed by atoms with E-state index in [4.69, 9.17) is 5.73 Å². The van der Waals surface area contributed by atoms with Gasteiger partial charge in [0.25, 0.3) is 0 Å². The Bertz CT molecular complexity index is 327. The van der Waals surface area contributed by atoms with Crippen LogP contribution in [0.2, 0.25) is 0 Å². The number of nitrogens with two attached hydrogens (primary N) is 1. The minimum atomic E-state index is 0.795. The zero-order chi connectivity index (χ0) is 9.26. The van der Waals surface area contributed by atoms with Gasteiger partial charge in [0.15, 0.2) is 0 Å². The Morgan fingerprint density at radius 1 is 1.31 bits per heavy atom. The summed E-state index contributed by atoms with van der Waals surface area (Å²) in [4.78, 5) is 0. The van der Waals surface area contributed by atoms with Crippen LogP contribution in [0, 0.1) is 0 Å². The zero-order valence-corrected chi connectivity index (χ0v) is 7.70. The highest BCUT2D eigenvalue weighted by atomic mass is 15.5. The fraction of sp³-hybridized carbons (Fsp3) is 0.300. The van der Waals surface area contributed by atoms with Crippen LogP contribution in [0.5, 0.6) is 0 Å². The highest BCUT2D eigenvalue weighted by molar-refractivity contribution is 5.85. The van der Waals surface area contributed by atoms with Gasteiger partial charge in [0, 0.05) is 24.4 Å². The maximum atomic E-state index is 5.60. The second-order valence-corrected chi connectivity index (χ2v) is 3.30. The highest BCUT2D eigenvalue weighted by Gasteiger charge is 2.11. The standard InChI is InChI=1S/C10H13N3/c1-8-6-7-13(12-8)10-4-2-9(11)3-5-10/h2-5H,6-7,11H2,1H3. The van der Waals surface area contributed by atoms with Crippen molar-refractivity contribution >= 4 is 17.1 Å². The molecule has 3 nitrogen and oxygen atoms in total. The summed E-state index contributed by atoms with van der Waals surface area (Å²) in [6, 6.07) is 7.80. The number of nitrogen functional groups attached to an aromatic ring is 1. The number of hydrogen-bond donors (Lipinski definition) is 1. The molecule has 0 saturated carbocycles. The molecule has 1 aliphatic rings. The summed E-state index contributed by atoms with van der Waals surface area (Å²) in [5.74, 6) is 0. The summed E-state index contributed by atoms with van der Waals surface area (Å²) < 4.78 is 0. The summed E-state index contributed by atoms with van der Waals surface area (Å²) in [6.45, 7) is 3.03. The molecule has 2 N–H and O–H groups in total.